The van der Waals surface area contributed by atoms with Crippen molar-refractivity contribution in [1.29, 1.82) is 0 Å². The minimum absolute atomic E-state index is 0.148. The number of nitro groups is 1. The number of carbonyl (C=O) groups is 1. The van der Waals surface area contributed by atoms with Gasteiger partial charge in [0.1, 0.15) is 0 Å². The van der Waals surface area contributed by atoms with E-state index in [4.69, 9.17) is 4.74 Å². The van der Waals surface area contributed by atoms with E-state index in [1.807, 2.05) is 38.1 Å². The fourth-order valence-corrected chi connectivity index (χ4v) is 2.32. The van der Waals surface area contributed by atoms with Crippen LogP contribution in [0.3, 0.4) is 0 Å². The Balaban J connectivity index is 2.22. The molecule has 1 amide bonds. The molecule has 0 aliphatic carbocycles. The molecule has 0 radical (unpaired) electrons. The first-order valence-electron chi connectivity index (χ1n) is 8.02. The number of carbonyl (C=O) groups excluding carboxylic acids is 1. The summed E-state index contributed by atoms with van der Waals surface area (Å²) in [7, 11) is 0. The van der Waals surface area contributed by atoms with E-state index < -0.39 is 10.8 Å². The molecule has 0 unspecified atom stereocenters. The van der Waals surface area contributed by atoms with Gasteiger partial charge in [0, 0.05) is 18.2 Å². The van der Waals surface area contributed by atoms with Gasteiger partial charge in [0.15, 0.2) is 5.75 Å². The molecule has 2 aromatic carbocycles. The van der Waals surface area contributed by atoms with Crippen LogP contribution in [0.5, 0.6) is 5.75 Å². The molecule has 0 bridgehead atoms. The Morgan fingerprint density at radius 3 is 2.44 bits per heavy atom. The lowest BCUT2D eigenvalue weighted by Gasteiger charge is -2.24. The van der Waals surface area contributed by atoms with E-state index >= 15 is 0 Å². The summed E-state index contributed by atoms with van der Waals surface area (Å²) in [4.78, 5) is 23.1. The minimum atomic E-state index is -0.556. The van der Waals surface area contributed by atoms with Gasteiger partial charge in [0.05, 0.1) is 17.2 Å². The van der Waals surface area contributed by atoms with Crippen LogP contribution >= 0.6 is 0 Å². The molecule has 0 aliphatic heterocycles. The number of rotatable bonds is 7. The second-order valence-electron chi connectivity index (χ2n) is 5.39. The predicted octanol–water partition coefficient (Wildman–Crippen LogP) is 3.47. The smallest absolute Gasteiger partial charge is 0.311 e. The molecule has 0 atom stereocenters. The molecule has 1 N–H and O–H groups in total. The highest BCUT2D eigenvalue weighted by molar-refractivity contribution is 5.96. The van der Waals surface area contributed by atoms with Gasteiger partial charge in [-0.05, 0) is 45.0 Å². The van der Waals surface area contributed by atoms with E-state index in [0.29, 0.717) is 13.2 Å². The van der Waals surface area contributed by atoms with Crippen molar-refractivity contribution in [2.45, 2.75) is 20.8 Å². The Bertz CT molecular complexity index is 759. The van der Waals surface area contributed by atoms with Crippen LogP contribution in [-0.4, -0.2) is 24.0 Å². The van der Waals surface area contributed by atoms with Crippen molar-refractivity contribution in [2.24, 2.45) is 0 Å². The van der Waals surface area contributed by atoms with Crippen molar-refractivity contribution in [3.63, 3.8) is 0 Å². The molecule has 132 valence electrons. The van der Waals surface area contributed by atoms with Crippen molar-refractivity contribution < 1.29 is 14.5 Å². The van der Waals surface area contributed by atoms with Crippen LogP contribution in [0, 0.1) is 17.0 Å². The fourth-order valence-electron chi connectivity index (χ4n) is 2.32. The molecule has 0 aliphatic rings. The first-order chi connectivity index (χ1) is 12.0. The standard InChI is InChI=1S/C18H21N3O4/c1-4-20(15-9-6-13(3)7-10-15)19-18(22)14-8-11-17(25-5-2)16(12-14)21(23)24/h6-12H,4-5H2,1-3H3,(H,19,22). The lowest BCUT2D eigenvalue weighted by molar-refractivity contribution is -0.385. The Morgan fingerprint density at radius 2 is 1.88 bits per heavy atom. The molecule has 0 spiro atoms. The number of hydrogen-bond donors (Lipinski definition) is 1. The number of benzene rings is 2. The van der Waals surface area contributed by atoms with Gasteiger partial charge in [0.25, 0.3) is 5.91 Å². The highest BCUT2D eigenvalue weighted by Crippen LogP contribution is 2.28. The second-order valence-corrected chi connectivity index (χ2v) is 5.39. The van der Waals surface area contributed by atoms with E-state index in [-0.39, 0.29) is 17.0 Å². The molecule has 7 nitrogen and oxygen atoms in total. The first-order valence-corrected chi connectivity index (χ1v) is 8.02. The predicted molar refractivity (Wildman–Crippen MR) is 95.9 cm³/mol. The van der Waals surface area contributed by atoms with E-state index in [9.17, 15) is 14.9 Å². The quantitative estimate of drug-likeness (QED) is 0.614. The van der Waals surface area contributed by atoms with Gasteiger partial charge in [-0.2, -0.15) is 0 Å². The maximum atomic E-state index is 12.5. The van der Waals surface area contributed by atoms with Crippen LogP contribution < -0.4 is 15.2 Å². The number of hydrazine groups is 1. The zero-order valence-corrected chi connectivity index (χ0v) is 14.5. The number of hydrogen-bond acceptors (Lipinski definition) is 5. The summed E-state index contributed by atoms with van der Waals surface area (Å²) in [6, 6.07) is 11.9. The van der Waals surface area contributed by atoms with Crippen LogP contribution in [0.4, 0.5) is 11.4 Å². The summed E-state index contributed by atoms with van der Waals surface area (Å²) >= 11 is 0. The average molecular weight is 343 g/mol. The second kappa shape index (κ2) is 8.14. The zero-order valence-electron chi connectivity index (χ0n) is 14.5. The number of aryl methyl sites for hydroxylation is 1. The summed E-state index contributed by atoms with van der Waals surface area (Å²) in [6.07, 6.45) is 0. The van der Waals surface area contributed by atoms with E-state index in [1.165, 1.54) is 18.2 Å². The molecule has 2 rings (SSSR count). The molecular weight excluding hydrogens is 322 g/mol. The van der Waals surface area contributed by atoms with Crippen molar-refractivity contribution in [3.05, 3.63) is 63.7 Å². The third-order valence-corrected chi connectivity index (χ3v) is 3.62. The van der Waals surface area contributed by atoms with Crippen molar-refractivity contribution >= 4 is 17.3 Å². The molecule has 0 fully saturated rings. The van der Waals surface area contributed by atoms with Crippen LogP contribution in [0.15, 0.2) is 42.5 Å². The Kier molecular flexibility index (Phi) is 5.94. The van der Waals surface area contributed by atoms with Crippen LogP contribution in [0.2, 0.25) is 0 Å². The summed E-state index contributed by atoms with van der Waals surface area (Å²) in [5, 5.41) is 12.9. The molecule has 0 heterocycles. The van der Waals surface area contributed by atoms with Gasteiger partial charge < -0.3 is 4.74 Å². The summed E-state index contributed by atoms with van der Waals surface area (Å²) in [5.74, 6) is -0.275. The maximum Gasteiger partial charge on any atom is 0.311 e. The fraction of sp³-hybridized carbons (Fsp3) is 0.278. The van der Waals surface area contributed by atoms with Crippen LogP contribution in [-0.2, 0) is 0 Å². The molecular formula is C18H21N3O4. The molecule has 2 aromatic rings. The minimum Gasteiger partial charge on any atom is -0.487 e. The number of nitrogens with zero attached hydrogens (tertiary/aromatic N) is 2. The van der Waals surface area contributed by atoms with E-state index in [1.54, 1.807) is 11.9 Å². The molecule has 7 heteroatoms. The van der Waals surface area contributed by atoms with Crippen LogP contribution in [0.25, 0.3) is 0 Å². The largest absolute Gasteiger partial charge is 0.487 e. The molecule has 0 aromatic heterocycles. The normalized spacial score (nSPS) is 10.2. The number of nitrogens with one attached hydrogen (secondary N) is 1. The topological polar surface area (TPSA) is 84.7 Å². The molecule has 25 heavy (non-hydrogen) atoms. The number of amides is 1. The summed E-state index contributed by atoms with van der Waals surface area (Å²) in [6.45, 7) is 6.49. The highest BCUT2D eigenvalue weighted by atomic mass is 16.6. The van der Waals surface area contributed by atoms with Crippen molar-refractivity contribution in [2.75, 3.05) is 18.2 Å². The number of ether oxygens (including phenoxy) is 1. The van der Waals surface area contributed by atoms with Gasteiger partial charge in [0.2, 0.25) is 0 Å². The van der Waals surface area contributed by atoms with E-state index in [2.05, 4.69) is 5.43 Å². The number of anilines is 1. The Morgan fingerprint density at radius 1 is 1.20 bits per heavy atom. The lowest BCUT2D eigenvalue weighted by atomic mass is 10.1. The van der Waals surface area contributed by atoms with Gasteiger partial charge in [-0.15, -0.1) is 0 Å². The van der Waals surface area contributed by atoms with Crippen molar-refractivity contribution in [3.8, 4) is 5.75 Å². The third-order valence-electron chi connectivity index (χ3n) is 3.62. The maximum absolute atomic E-state index is 12.5. The van der Waals surface area contributed by atoms with Crippen molar-refractivity contribution in [1.82, 2.24) is 5.43 Å². The van der Waals surface area contributed by atoms with E-state index in [0.717, 1.165) is 11.3 Å². The van der Waals surface area contributed by atoms with Gasteiger partial charge in [-0.25, -0.2) is 0 Å². The lowest BCUT2D eigenvalue weighted by Crippen LogP contribution is -2.42. The first kappa shape index (κ1) is 18.3. The number of nitro benzene ring substituents is 1. The SMILES string of the molecule is CCOc1ccc(C(=O)NN(CC)c2ccc(C)cc2)cc1[N+](=O)[O-]. The molecule has 0 saturated heterocycles. The van der Waals surface area contributed by atoms with Crippen LogP contribution in [0.1, 0.15) is 29.8 Å². The van der Waals surface area contributed by atoms with Gasteiger partial charge in [-0.1, -0.05) is 17.7 Å². The summed E-state index contributed by atoms with van der Waals surface area (Å²) < 4.78 is 5.23. The zero-order chi connectivity index (χ0) is 18.4. The summed E-state index contributed by atoms with van der Waals surface area (Å²) in [5.41, 5.74) is 4.69. The van der Waals surface area contributed by atoms with Gasteiger partial charge in [-0.3, -0.25) is 25.3 Å². The Labute approximate surface area is 146 Å². The monoisotopic (exact) mass is 343 g/mol. The Hall–Kier alpha value is -3.09. The van der Waals surface area contributed by atoms with Gasteiger partial charge >= 0.3 is 5.69 Å². The third kappa shape index (κ3) is 4.47. The average Bonchev–Trinajstić information content (AvgIpc) is 2.60. The molecule has 0 saturated carbocycles. The highest BCUT2D eigenvalue weighted by Gasteiger charge is 2.19.